The summed E-state index contributed by atoms with van der Waals surface area (Å²) in [5, 5.41) is 17.5. The Morgan fingerprint density at radius 2 is 1.94 bits per heavy atom. The molecule has 0 aliphatic carbocycles. The Bertz CT molecular complexity index is 456. The van der Waals surface area contributed by atoms with Gasteiger partial charge in [0, 0.05) is 0 Å². The van der Waals surface area contributed by atoms with Crippen molar-refractivity contribution in [1.82, 2.24) is 0 Å². The molecule has 0 saturated heterocycles. The van der Waals surface area contributed by atoms with E-state index >= 15 is 0 Å². The normalized spacial score (nSPS) is 14.1. The van der Waals surface area contributed by atoms with Crippen molar-refractivity contribution in [2.24, 2.45) is 0 Å². The third-order valence-electron chi connectivity index (χ3n) is 2.50. The van der Waals surface area contributed by atoms with Crippen LogP contribution >= 0.6 is 11.6 Å². The first-order valence-electron chi connectivity index (χ1n) is 5.01. The molecule has 1 rings (SSSR count). The summed E-state index contributed by atoms with van der Waals surface area (Å²) in [6.07, 6.45) is -1.67. The fraction of sp³-hybridized carbons (Fsp3) is 0.333. The van der Waals surface area contributed by atoms with Gasteiger partial charge in [0.2, 0.25) is 0 Å². The van der Waals surface area contributed by atoms with E-state index in [1.807, 2.05) is 0 Å². The molecular weight excluding hydrogens is 244 g/mol. The maximum absolute atomic E-state index is 11.2. The standard InChI is InChI=1S/C12H13ClO4/c1-6-4-3-5-8(10(13)7(2)14)9(6)11(15)12(16)17/h3-5,10-11,15H,1-2H3,(H,16,17). The minimum atomic E-state index is -1.67. The molecule has 0 radical (unpaired) electrons. The van der Waals surface area contributed by atoms with Crippen molar-refractivity contribution in [2.75, 3.05) is 0 Å². The van der Waals surface area contributed by atoms with E-state index in [4.69, 9.17) is 16.7 Å². The van der Waals surface area contributed by atoms with E-state index in [0.717, 1.165) is 0 Å². The number of carbonyl (C=O) groups excluding carboxylic acids is 1. The molecule has 0 heterocycles. The van der Waals surface area contributed by atoms with Crippen molar-refractivity contribution < 1.29 is 19.8 Å². The summed E-state index contributed by atoms with van der Waals surface area (Å²) in [7, 11) is 0. The topological polar surface area (TPSA) is 74.6 Å². The van der Waals surface area contributed by atoms with Crippen LogP contribution in [0, 0.1) is 6.92 Å². The second-order valence-electron chi connectivity index (χ2n) is 3.79. The molecule has 0 fully saturated rings. The van der Waals surface area contributed by atoms with Gasteiger partial charge in [-0.05, 0) is 30.5 Å². The molecule has 0 aliphatic rings. The number of aryl methyl sites for hydroxylation is 1. The van der Waals surface area contributed by atoms with E-state index in [0.29, 0.717) is 11.1 Å². The first kappa shape index (κ1) is 13.7. The zero-order chi connectivity index (χ0) is 13.2. The predicted molar refractivity (Wildman–Crippen MR) is 63.0 cm³/mol. The maximum atomic E-state index is 11.2. The Morgan fingerprint density at radius 3 is 2.41 bits per heavy atom. The van der Waals surface area contributed by atoms with Gasteiger partial charge in [0.05, 0.1) is 0 Å². The molecule has 1 aromatic rings. The highest BCUT2D eigenvalue weighted by atomic mass is 35.5. The van der Waals surface area contributed by atoms with Gasteiger partial charge < -0.3 is 10.2 Å². The molecular formula is C12H13ClO4. The van der Waals surface area contributed by atoms with Gasteiger partial charge in [-0.15, -0.1) is 11.6 Å². The van der Waals surface area contributed by atoms with E-state index in [-0.39, 0.29) is 11.3 Å². The van der Waals surface area contributed by atoms with Crippen LogP contribution in [0.5, 0.6) is 0 Å². The number of ketones is 1. The van der Waals surface area contributed by atoms with Crippen molar-refractivity contribution in [3.63, 3.8) is 0 Å². The Hall–Kier alpha value is -1.39. The number of hydrogen-bond donors (Lipinski definition) is 2. The third-order valence-corrected chi connectivity index (χ3v) is 3.04. The summed E-state index contributed by atoms with van der Waals surface area (Å²) < 4.78 is 0. The number of alkyl halides is 1. The average Bonchev–Trinajstić information content (AvgIpc) is 2.26. The van der Waals surface area contributed by atoms with E-state index < -0.39 is 17.5 Å². The number of halogens is 1. The Balaban J connectivity index is 3.36. The fourth-order valence-electron chi connectivity index (χ4n) is 1.64. The minimum Gasteiger partial charge on any atom is -0.479 e. The molecule has 0 aliphatic heterocycles. The summed E-state index contributed by atoms with van der Waals surface area (Å²) in [6, 6.07) is 4.88. The van der Waals surface area contributed by atoms with Gasteiger partial charge in [-0.25, -0.2) is 4.79 Å². The zero-order valence-electron chi connectivity index (χ0n) is 9.48. The summed E-state index contributed by atoms with van der Waals surface area (Å²) >= 11 is 5.91. The number of benzene rings is 1. The van der Waals surface area contributed by atoms with Crippen LogP contribution in [-0.4, -0.2) is 22.0 Å². The first-order valence-corrected chi connectivity index (χ1v) is 5.44. The van der Waals surface area contributed by atoms with E-state index in [1.165, 1.54) is 6.92 Å². The summed E-state index contributed by atoms with van der Waals surface area (Å²) in [5.41, 5.74) is 1.12. The van der Waals surface area contributed by atoms with Crippen LogP contribution < -0.4 is 0 Å². The Kier molecular flexibility index (Phi) is 4.26. The monoisotopic (exact) mass is 256 g/mol. The molecule has 0 amide bonds. The van der Waals surface area contributed by atoms with Gasteiger partial charge in [-0.3, -0.25) is 4.79 Å². The number of hydrogen-bond acceptors (Lipinski definition) is 3. The summed E-state index contributed by atoms with van der Waals surface area (Å²) in [4.78, 5) is 22.1. The molecule has 0 bridgehead atoms. The van der Waals surface area contributed by atoms with E-state index in [2.05, 4.69) is 0 Å². The number of carboxylic acids is 1. The number of carbonyl (C=O) groups is 2. The quantitative estimate of drug-likeness (QED) is 0.808. The van der Waals surface area contributed by atoms with Crippen LogP contribution in [-0.2, 0) is 9.59 Å². The number of aliphatic hydroxyl groups is 1. The lowest BCUT2D eigenvalue weighted by atomic mass is 9.94. The first-order chi connectivity index (χ1) is 7.86. The highest BCUT2D eigenvalue weighted by Gasteiger charge is 2.26. The lowest BCUT2D eigenvalue weighted by Crippen LogP contribution is -2.16. The van der Waals surface area contributed by atoms with Gasteiger partial charge >= 0.3 is 5.97 Å². The van der Waals surface area contributed by atoms with Crippen LogP contribution in [0.1, 0.15) is 35.1 Å². The Labute approximate surface area is 104 Å². The summed E-state index contributed by atoms with van der Waals surface area (Å²) in [5.74, 6) is -1.66. The second kappa shape index (κ2) is 5.29. The summed E-state index contributed by atoms with van der Waals surface area (Å²) in [6.45, 7) is 2.98. The van der Waals surface area contributed by atoms with E-state index in [1.54, 1.807) is 25.1 Å². The van der Waals surface area contributed by atoms with E-state index in [9.17, 15) is 14.7 Å². The lowest BCUT2D eigenvalue weighted by Gasteiger charge is -2.17. The third kappa shape index (κ3) is 2.84. The zero-order valence-corrected chi connectivity index (χ0v) is 10.2. The lowest BCUT2D eigenvalue weighted by molar-refractivity contribution is -0.147. The maximum Gasteiger partial charge on any atom is 0.337 e. The number of carboxylic acid groups (broad SMARTS) is 1. The van der Waals surface area contributed by atoms with Gasteiger partial charge in [0.1, 0.15) is 5.38 Å². The van der Waals surface area contributed by atoms with Crippen LogP contribution in [0.3, 0.4) is 0 Å². The highest BCUT2D eigenvalue weighted by molar-refractivity contribution is 6.31. The van der Waals surface area contributed by atoms with Gasteiger partial charge in [-0.1, -0.05) is 18.2 Å². The van der Waals surface area contributed by atoms with Crippen LogP contribution in [0.4, 0.5) is 0 Å². The van der Waals surface area contributed by atoms with Crippen molar-refractivity contribution in [2.45, 2.75) is 25.3 Å². The molecule has 2 N–H and O–H groups in total. The SMILES string of the molecule is CC(=O)C(Cl)c1cccc(C)c1C(O)C(=O)O. The number of aliphatic carboxylic acids is 1. The number of aliphatic hydroxyl groups excluding tert-OH is 1. The van der Waals surface area contributed by atoms with Crippen LogP contribution in [0.25, 0.3) is 0 Å². The second-order valence-corrected chi connectivity index (χ2v) is 4.23. The van der Waals surface area contributed by atoms with Crippen molar-refractivity contribution in [3.05, 3.63) is 34.9 Å². The van der Waals surface area contributed by atoms with Gasteiger partial charge in [-0.2, -0.15) is 0 Å². The molecule has 0 saturated carbocycles. The van der Waals surface area contributed by atoms with Crippen molar-refractivity contribution >= 4 is 23.4 Å². The van der Waals surface area contributed by atoms with Crippen LogP contribution in [0.15, 0.2) is 18.2 Å². The largest absolute Gasteiger partial charge is 0.479 e. The van der Waals surface area contributed by atoms with Crippen LogP contribution in [0.2, 0.25) is 0 Å². The smallest absolute Gasteiger partial charge is 0.337 e. The number of rotatable bonds is 4. The highest BCUT2D eigenvalue weighted by Crippen LogP contribution is 2.31. The fourth-order valence-corrected chi connectivity index (χ4v) is 1.83. The molecule has 0 spiro atoms. The molecule has 2 unspecified atom stereocenters. The number of Topliss-reactive ketones (excluding diaryl/α,β-unsaturated/α-hetero) is 1. The molecule has 4 nitrogen and oxygen atoms in total. The molecule has 92 valence electrons. The molecule has 1 aromatic carbocycles. The molecule has 17 heavy (non-hydrogen) atoms. The molecule has 5 heteroatoms. The van der Waals surface area contributed by atoms with Gasteiger partial charge in [0.25, 0.3) is 0 Å². The van der Waals surface area contributed by atoms with Gasteiger partial charge in [0.15, 0.2) is 11.9 Å². The molecule has 2 atom stereocenters. The Morgan fingerprint density at radius 1 is 1.35 bits per heavy atom. The minimum absolute atomic E-state index is 0.190. The predicted octanol–water partition coefficient (Wildman–Crippen LogP) is 1.98. The van der Waals surface area contributed by atoms with Crippen molar-refractivity contribution in [1.29, 1.82) is 0 Å². The average molecular weight is 257 g/mol. The molecule has 0 aromatic heterocycles. The van der Waals surface area contributed by atoms with Crippen molar-refractivity contribution in [3.8, 4) is 0 Å².